The highest BCUT2D eigenvalue weighted by Crippen LogP contribution is 2.41. The summed E-state index contributed by atoms with van der Waals surface area (Å²) < 4.78 is 5.48. The second-order valence-electron chi connectivity index (χ2n) is 7.47. The number of benzene rings is 1. The van der Waals surface area contributed by atoms with Crippen LogP contribution in [0.3, 0.4) is 0 Å². The van der Waals surface area contributed by atoms with E-state index in [1.54, 1.807) is 13.4 Å². The van der Waals surface area contributed by atoms with Crippen LogP contribution in [0.4, 0.5) is 5.69 Å². The van der Waals surface area contributed by atoms with Crippen LogP contribution in [-0.2, 0) is 9.53 Å². The molecule has 1 aromatic carbocycles. The third kappa shape index (κ3) is 3.49. The molecule has 7 nitrogen and oxygen atoms in total. The minimum Gasteiger partial charge on any atom is -0.380 e. The third-order valence-corrected chi connectivity index (χ3v) is 5.92. The van der Waals surface area contributed by atoms with Crippen LogP contribution in [0, 0.1) is 0 Å². The van der Waals surface area contributed by atoms with E-state index in [2.05, 4.69) is 32.3 Å². The van der Waals surface area contributed by atoms with Gasteiger partial charge in [0.1, 0.15) is 11.9 Å². The molecule has 1 saturated heterocycles. The second kappa shape index (κ2) is 7.40. The summed E-state index contributed by atoms with van der Waals surface area (Å²) >= 11 is 0. The molecule has 0 radical (unpaired) electrons. The van der Waals surface area contributed by atoms with Gasteiger partial charge in [-0.15, -0.1) is 0 Å². The van der Waals surface area contributed by atoms with Crippen LogP contribution < -0.4 is 10.2 Å². The van der Waals surface area contributed by atoms with Gasteiger partial charge in [-0.2, -0.15) is 0 Å². The highest BCUT2D eigenvalue weighted by atomic mass is 16.5. The highest BCUT2D eigenvalue weighted by molar-refractivity contribution is 5.87. The first-order valence-electron chi connectivity index (χ1n) is 9.62. The fraction of sp³-hybridized carbons (Fsp3) is 0.550. The van der Waals surface area contributed by atoms with E-state index in [1.807, 2.05) is 6.20 Å². The molecule has 2 aromatic rings. The van der Waals surface area contributed by atoms with Crippen molar-refractivity contribution in [1.82, 2.24) is 15.3 Å². The first kappa shape index (κ1) is 18.1. The van der Waals surface area contributed by atoms with Crippen molar-refractivity contribution in [3.05, 3.63) is 30.2 Å². The predicted molar refractivity (Wildman–Crippen MR) is 103 cm³/mol. The normalized spacial score (nSPS) is 26.1. The zero-order valence-corrected chi connectivity index (χ0v) is 15.6. The number of nitrogens with one attached hydrogen (secondary N) is 1. The van der Waals surface area contributed by atoms with Crippen molar-refractivity contribution < 1.29 is 14.6 Å². The number of aromatic nitrogens is 2. The van der Waals surface area contributed by atoms with Gasteiger partial charge in [-0.25, -0.2) is 9.97 Å². The quantitative estimate of drug-likeness (QED) is 0.853. The molecule has 4 rings (SSSR count). The largest absolute Gasteiger partial charge is 0.380 e. The smallest absolute Gasteiger partial charge is 0.251 e. The molecular weight excluding hydrogens is 344 g/mol. The molecule has 0 atom stereocenters. The van der Waals surface area contributed by atoms with E-state index in [0.29, 0.717) is 12.8 Å². The Morgan fingerprint density at radius 3 is 2.74 bits per heavy atom. The van der Waals surface area contributed by atoms with Gasteiger partial charge in [-0.1, -0.05) is 0 Å². The van der Waals surface area contributed by atoms with Crippen LogP contribution in [-0.4, -0.2) is 59.9 Å². The molecule has 27 heavy (non-hydrogen) atoms. The Kier molecular flexibility index (Phi) is 4.97. The number of carbonyl (C=O) groups is 1. The van der Waals surface area contributed by atoms with Gasteiger partial charge in [-0.05, 0) is 49.3 Å². The number of hydrogen-bond donors (Lipinski definition) is 2. The van der Waals surface area contributed by atoms with Crippen molar-refractivity contribution in [2.75, 3.05) is 38.3 Å². The average molecular weight is 370 g/mol. The zero-order valence-electron chi connectivity index (χ0n) is 15.6. The molecule has 0 bridgehead atoms. The van der Waals surface area contributed by atoms with E-state index in [4.69, 9.17) is 4.74 Å². The maximum absolute atomic E-state index is 12.0. The number of hydrogen-bond acceptors (Lipinski definition) is 6. The summed E-state index contributed by atoms with van der Waals surface area (Å²) in [7, 11) is 1.57. The summed E-state index contributed by atoms with van der Waals surface area (Å²) in [4.78, 5) is 23.0. The van der Waals surface area contributed by atoms with Gasteiger partial charge in [0, 0.05) is 37.4 Å². The minimum atomic E-state index is -1.25. The van der Waals surface area contributed by atoms with Crippen molar-refractivity contribution in [3.63, 3.8) is 0 Å². The Bertz CT molecular complexity index is 827. The standard InChI is InChI=1S/C20H26N4O3/c1-21-19(25)20(26)4-2-14(3-5-20)16-10-15(24-6-8-27-9-7-24)11-18-17(16)12-22-13-23-18/h10-14,26H,2-9H2,1H3,(H,21,25). The third-order valence-electron chi connectivity index (χ3n) is 5.92. The molecular formula is C20H26N4O3. The first-order chi connectivity index (χ1) is 13.1. The van der Waals surface area contributed by atoms with Crippen molar-refractivity contribution in [2.45, 2.75) is 37.2 Å². The minimum absolute atomic E-state index is 0.281. The lowest BCUT2D eigenvalue weighted by Crippen LogP contribution is -2.47. The molecule has 2 N–H and O–H groups in total. The van der Waals surface area contributed by atoms with Crippen molar-refractivity contribution in [1.29, 1.82) is 0 Å². The van der Waals surface area contributed by atoms with Gasteiger partial charge in [0.05, 0.1) is 18.7 Å². The van der Waals surface area contributed by atoms with Gasteiger partial charge < -0.3 is 20.1 Å². The molecule has 2 fully saturated rings. The zero-order chi connectivity index (χ0) is 18.9. The topological polar surface area (TPSA) is 87.6 Å². The summed E-state index contributed by atoms with van der Waals surface area (Å²) in [6.07, 6.45) is 5.92. The van der Waals surface area contributed by atoms with Crippen LogP contribution >= 0.6 is 0 Å². The molecule has 2 heterocycles. The molecule has 1 saturated carbocycles. The van der Waals surface area contributed by atoms with Gasteiger partial charge in [0.2, 0.25) is 0 Å². The van der Waals surface area contributed by atoms with E-state index in [-0.39, 0.29) is 11.8 Å². The van der Waals surface area contributed by atoms with Crippen LogP contribution in [0.2, 0.25) is 0 Å². The summed E-state index contributed by atoms with van der Waals surface area (Å²) in [6, 6.07) is 4.36. The number of likely N-dealkylation sites (N-methyl/N-ethyl adjacent to an activating group) is 1. The maximum Gasteiger partial charge on any atom is 0.251 e. The monoisotopic (exact) mass is 370 g/mol. The van der Waals surface area contributed by atoms with E-state index in [1.165, 1.54) is 5.56 Å². The molecule has 1 aliphatic carbocycles. The van der Waals surface area contributed by atoms with Crippen molar-refractivity contribution in [2.24, 2.45) is 0 Å². The Hall–Kier alpha value is -2.25. The summed E-state index contributed by atoms with van der Waals surface area (Å²) in [5.41, 5.74) is 2.07. The molecule has 1 aromatic heterocycles. The lowest BCUT2D eigenvalue weighted by Gasteiger charge is -2.35. The molecule has 144 valence electrons. The number of morpholine rings is 1. The summed E-state index contributed by atoms with van der Waals surface area (Å²) in [5.74, 6) is 0.000584. The Balaban J connectivity index is 1.65. The van der Waals surface area contributed by atoms with Crippen LogP contribution in [0.25, 0.3) is 10.9 Å². The number of aliphatic hydroxyl groups is 1. The molecule has 7 heteroatoms. The Labute approximate surface area is 158 Å². The fourth-order valence-corrected chi connectivity index (χ4v) is 4.30. The Morgan fingerprint density at radius 1 is 1.30 bits per heavy atom. The van der Waals surface area contributed by atoms with E-state index in [0.717, 1.165) is 55.7 Å². The van der Waals surface area contributed by atoms with E-state index in [9.17, 15) is 9.90 Å². The van der Waals surface area contributed by atoms with E-state index >= 15 is 0 Å². The van der Waals surface area contributed by atoms with Gasteiger partial charge >= 0.3 is 0 Å². The van der Waals surface area contributed by atoms with Gasteiger partial charge in [0.15, 0.2) is 0 Å². The number of anilines is 1. The van der Waals surface area contributed by atoms with Gasteiger partial charge in [-0.3, -0.25) is 4.79 Å². The van der Waals surface area contributed by atoms with Crippen LogP contribution in [0.5, 0.6) is 0 Å². The number of amides is 1. The predicted octanol–water partition coefficient (Wildman–Crippen LogP) is 1.60. The lowest BCUT2D eigenvalue weighted by atomic mass is 9.75. The lowest BCUT2D eigenvalue weighted by molar-refractivity contribution is -0.142. The van der Waals surface area contributed by atoms with E-state index < -0.39 is 5.60 Å². The number of carbonyl (C=O) groups excluding carboxylic acids is 1. The first-order valence-corrected chi connectivity index (χ1v) is 9.62. The van der Waals surface area contributed by atoms with Gasteiger partial charge in [0.25, 0.3) is 5.91 Å². The number of ether oxygens (including phenoxy) is 1. The number of rotatable bonds is 3. The Morgan fingerprint density at radius 2 is 2.04 bits per heavy atom. The summed E-state index contributed by atoms with van der Waals surface area (Å²) in [5, 5.41) is 14.3. The maximum atomic E-state index is 12.0. The van der Waals surface area contributed by atoms with Crippen LogP contribution in [0.1, 0.15) is 37.2 Å². The van der Waals surface area contributed by atoms with Crippen molar-refractivity contribution >= 4 is 22.5 Å². The SMILES string of the molecule is CNC(=O)C1(O)CCC(c2cc(N3CCOCC3)cc3ncncc23)CC1. The van der Waals surface area contributed by atoms with Crippen molar-refractivity contribution in [3.8, 4) is 0 Å². The molecule has 2 aliphatic rings. The average Bonchev–Trinajstić information content (AvgIpc) is 2.73. The second-order valence-corrected chi connectivity index (χ2v) is 7.47. The fourth-order valence-electron chi connectivity index (χ4n) is 4.30. The highest BCUT2D eigenvalue weighted by Gasteiger charge is 2.40. The van der Waals surface area contributed by atoms with Crippen LogP contribution in [0.15, 0.2) is 24.7 Å². The molecule has 1 amide bonds. The number of nitrogens with zero attached hydrogens (tertiary/aromatic N) is 3. The summed E-state index contributed by atoms with van der Waals surface area (Å²) in [6.45, 7) is 3.22. The molecule has 0 spiro atoms. The molecule has 1 aliphatic heterocycles. The number of fused-ring (bicyclic) bond motifs is 1. The molecule has 0 unspecified atom stereocenters.